The zero-order chi connectivity index (χ0) is 61.0. The summed E-state index contributed by atoms with van der Waals surface area (Å²) in [5.41, 5.74) is -3.23. The first-order valence-electron chi connectivity index (χ1n) is 30.8. The normalized spacial score (nSPS) is 28.2. The molecule has 3 aliphatic rings. The first kappa shape index (κ1) is 65.6. The van der Waals surface area contributed by atoms with Gasteiger partial charge in [0.25, 0.3) is 16.6 Å². The minimum absolute atomic E-state index is 0.0717. The van der Waals surface area contributed by atoms with Gasteiger partial charge >= 0.3 is 5.97 Å². The number of hydrogen-bond donors (Lipinski definition) is 1. The topological polar surface area (TPSA) is 111 Å². The van der Waals surface area contributed by atoms with Crippen molar-refractivity contribution in [3.63, 3.8) is 0 Å². The third kappa shape index (κ3) is 13.8. The van der Waals surface area contributed by atoms with Crippen molar-refractivity contribution in [2.24, 2.45) is 0 Å². The van der Waals surface area contributed by atoms with Crippen molar-refractivity contribution in [1.29, 1.82) is 0 Å². The third-order valence-corrected chi connectivity index (χ3v) is 33.6. The monoisotopic (exact) mass is 1200 g/mol. The van der Waals surface area contributed by atoms with Crippen LogP contribution in [0.5, 0.6) is 0 Å². The molecule has 3 fully saturated rings. The van der Waals surface area contributed by atoms with E-state index in [2.05, 4.69) is 211 Å². The number of fused-ring (bicyclic) bond motifs is 1. The highest BCUT2D eigenvalue weighted by Gasteiger charge is 2.61. The van der Waals surface area contributed by atoms with Gasteiger partial charge in [0.2, 0.25) is 0 Å². The quantitative estimate of drug-likeness (QED) is 0.0433. The van der Waals surface area contributed by atoms with Crippen LogP contribution >= 0.6 is 0 Å². The lowest BCUT2D eigenvalue weighted by atomic mass is 9.75. The Morgan fingerprint density at radius 2 is 1.10 bits per heavy atom. The average Bonchev–Trinajstić information content (AvgIpc) is 2.92. The van der Waals surface area contributed by atoms with Gasteiger partial charge in [-0.2, -0.15) is 0 Å². The molecule has 5 aromatic carbocycles. The maximum absolute atomic E-state index is 15.1. The second-order valence-corrected chi connectivity index (χ2v) is 42.1. The molecule has 0 aromatic heterocycles. The van der Waals surface area contributed by atoms with Crippen molar-refractivity contribution in [3.8, 4) is 0 Å². The van der Waals surface area contributed by atoms with E-state index in [9.17, 15) is 5.11 Å². The molecule has 0 spiro atoms. The van der Waals surface area contributed by atoms with Gasteiger partial charge < -0.3 is 42.1 Å². The molecule has 3 heterocycles. The second-order valence-electron chi connectivity index (χ2n) is 28.7. The van der Waals surface area contributed by atoms with Crippen LogP contribution in [0.2, 0.25) is 28.2 Å². The lowest BCUT2D eigenvalue weighted by molar-refractivity contribution is -0.318. The summed E-state index contributed by atoms with van der Waals surface area (Å²) in [6.45, 7) is 35.9. The summed E-state index contributed by atoms with van der Waals surface area (Å²) < 4.78 is 58.7. The molecule has 10 nitrogen and oxygen atoms in total. The number of hydrogen-bond acceptors (Lipinski definition) is 10. The molecule has 10 atom stereocenters. The molecule has 0 aliphatic carbocycles. The molecule has 0 amide bonds. The first-order chi connectivity index (χ1) is 39.4. The number of esters is 1. The molecule has 0 saturated carbocycles. The van der Waals surface area contributed by atoms with Gasteiger partial charge in [0.05, 0.1) is 56.3 Å². The Kier molecular flexibility index (Phi) is 20.1. The van der Waals surface area contributed by atoms with Crippen molar-refractivity contribution in [2.75, 3.05) is 13.2 Å². The van der Waals surface area contributed by atoms with Crippen molar-refractivity contribution in [2.45, 2.75) is 229 Å². The molecule has 456 valence electrons. The molecule has 1 N–H and O–H groups in total. The Morgan fingerprint density at radius 3 is 1.56 bits per heavy atom. The van der Waals surface area contributed by atoms with E-state index in [-0.39, 0.29) is 40.7 Å². The molecular weight excluding hydrogens is 1100 g/mol. The maximum atomic E-state index is 15.1. The van der Waals surface area contributed by atoms with Crippen LogP contribution in [0.25, 0.3) is 0 Å². The van der Waals surface area contributed by atoms with E-state index in [0.717, 1.165) is 22.4 Å². The predicted molar refractivity (Wildman–Crippen MR) is 347 cm³/mol. The minimum Gasteiger partial charge on any atom is -0.459 e. The Labute approximate surface area is 507 Å². The third-order valence-electron chi connectivity index (χ3n) is 19.1. The van der Waals surface area contributed by atoms with Gasteiger partial charge in [-0.1, -0.05) is 226 Å². The summed E-state index contributed by atoms with van der Waals surface area (Å²) in [5, 5.41) is 16.4. The van der Waals surface area contributed by atoms with E-state index in [4.69, 9.17) is 37.0 Å². The Morgan fingerprint density at radius 1 is 0.619 bits per heavy atom. The van der Waals surface area contributed by atoms with E-state index in [1.807, 2.05) is 63.2 Å². The van der Waals surface area contributed by atoms with Gasteiger partial charge in [-0.25, -0.2) is 0 Å². The number of carbonyl (C=O) groups is 1. The summed E-state index contributed by atoms with van der Waals surface area (Å²) in [7, 11) is -8.48. The fraction of sp³-hybridized carbons (Fsp3) is 0.535. The lowest BCUT2D eigenvalue weighted by Gasteiger charge is -2.58. The zero-order valence-corrected chi connectivity index (χ0v) is 56.5. The standard InChI is InChI=1S/C71H100O10Si3/c1-17-18-34-45-68(11)62(47-63-70(13,80-68)48-58(79-82(15,16)65(2,3)4)59(77-63)51-75-83(66(5,6)7,54-37-26-20-27-38-54)55-39-28-21-29-40-55)78-64(73)49-69(12)60(72)46-61(74-50-53-35-24-19-25-36-53)71(14,81-69)52-76-84(67(8,9)10,56-41-30-22-31-42-56)57-43-32-23-33-44-57/h17-33,35-44,58-63,72H,34,45-52H2,1-16H3/b18-17-/t58-,59+,60-,61+,62+,63-,68-,69+,70+,71-/m0/s1. The summed E-state index contributed by atoms with van der Waals surface area (Å²) in [4.78, 5) is 15.1. The summed E-state index contributed by atoms with van der Waals surface area (Å²) >= 11 is 0. The number of aliphatic hydroxyl groups is 1. The lowest BCUT2D eigenvalue weighted by Crippen LogP contribution is -2.70. The van der Waals surface area contributed by atoms with Crippen molar-refractivity contribution in [1.82, 2.24) is 0 Å². The van der Waals surface area contributed by atoms with Gasteiger partial charge in [0, 0.05) is 19.3 Å². The second kappa shape index (κ2) is 25.8. The summed E-state index contributed by atoms with van der Waals surface area (Å²) in [5.74, 6) is -0.494. The maximum Gasteiger partial charge on any atom is 0.309 e. The van der Waals surface area contributed by atoms with E-state index >= 15 is 4.79 Å². The van der Waals surface area contributed by atoms with Gasteiger partial charge in [-0.05, 0) is 102 Å². The Bertz CT molecular complexity index is 2850. The molecule has 3 aliphatic heterocycles. The SMILES string of the molecule is C/C=C\CC[C@]1(C)O[C@]2(C)C[C@H](O[Si](C)(C)C(C)(C)C)[C@@H](CO[Si](c3ccccc3)(c3ccccc3)C(C)(C)C)O[C@H]2C[C@H]1OC(=O)C[C@@]1(C)O[C@@](C)(CO[Si](c2ccccc2)(c2ccccc2)C(C)(C)C)[C@H](OCc2ccccc2)C[C@@H]1O. The Hall–Kier alpha value is -4.36. The average molecular weight is 1200 g/mol. The number of benzene rings is 5. The number of carbonyl (C=O) groups excluding carboxylic acids is 1. The highest BCUT2D eigenvalue weighted by atomic mass is 28.4. The summed E-state index contributed by atoms with van der Waals surface area (Å²) in [6, 6.07) is 52.6. The highest BCUT2D eigenvalue weighted by Crippen LogP contribution is 2.50. The van der Waals surface area contributed by atoms with Crippen LogP contribution in [-0.4, -0.2) is 108 Å². The van der Waals surface area contributed by atoms with Crippen LogP contribution in [0.4, 0.5) is 0 Å². The van der Waals surface area contributed by atoms with E-state index in [0.29, 0.717) is 32.5 Å². The number of rotatable bonds is 21. The fourth-order valence-corrected chi connectivity index (χ4v) is 24.0. The molecule has 8 rings (SSSR count). The minimum atomic E-state index is -3.09. The van der Waals surface area contributed by atoms with Gasteiger partial charge in [-0.3, -0.25) is 4.79 Å². The van der Waals surface area contributed by atoms with E-state index in [1.165, 1.54) is 10.4 Å². The number of ether oxygens (including phenoxy) is 5. The van der Waals surface area contributed by atoms with E-state index < -0.39 is 83.8 Å². The Balaban J connectivity index is 1.11. The number of allylic oxidation sites excluding steroid dienone is 2. The largest absolute Gasteiger partial charge is 0.459 e. The van der Waals surface area contributed by atoms with Crippen LogP contribution in [0.3, 0.4) is 0 Å². The van der Waals surface area contributed by atoms with Gasteiger partial charge in [0.15, 0.2) is 8.32 Å². The van der Waals surface area contributed by atoms with Crippen LogP contribution in [0.1, 0.15) is 141 Å². The zero-order valence-electron chi connectivity index (χ0n) is 53.5. The smallest absolute Gasteiger partial charge is 0.309 e. The van der Waals surface area contributed by atoms with Gasteiger partial charge in [0.1, 0.15) is 29.0 Å². The summed E-state index contributed by atoms with van der Waals surface area (Å²) in [6.07, 6.45) is 2.76. The van der Waals surface area contributed by atoms with Crippen molar-refractivity contribution < 1.29 is 46.9 Å². The molecule has 5 aromatic rings. The van der Waals surface area contributed by atoms with Crippen LogP contribution in [0.15, 0.2) is 164 Å². The highest BCUT2D eigenvalue weighted by molar-refractivity contribution is 7.00. The van der Waals surface area contributed by atoms with E-state index in [1.54, 1.807) is 0 Å². The molecule has 0 radical (unpaired) electrons. The molecule has 84 heavy (non-hydrogen) atoms. The molecular formula is C71H100O10Si3. The molecule has 0 unspecified atom stereocenters. The van der Waals surface area contributed by atoms with Crippen molar-refractivity contribution in [3.05, 3.63) is 169 Å². The molecule has 13 heteroatoms. The van der Waals surface area contributed by atoms with Crippen LogP contribution < -0.4 is 20.7 Å². The molecule has 0 bridgehead atoms. The van der Waals surface area contributed by atoms with Gasteiger partial charge in [-0.15, -0.1) is 0 Å². The fourth-order valence-electron chi connectivity index (χ4n) is 13.4. The van der Waals surface area contributed by atoms with Crippen LogP contribution in [0, 0.1) is 0 Å². The predicted octanol–water partition coefficient (Wildman–Crippen LogP) is 13.2. The molecule has 3 saturated heterocycles. The first-order valence-corrected chi connectivity index (χ1v) is 37.5. The number of aliphatic hydroxyl groups excluding tert-OH is 1. The van der Waals surface area contributed by atoms with Crippen LogP contribution in [-0.2, 0) is 48.4 Å². The van der Waals surface area contributed by atoms with Crippen molar-refractivity contribution >= 4 is 51.7 Å².